The molecule has 1 aromatic rings. The lowest BCUT2D eigenvalue weighted by molar-refractivity contribution is -0.0927. The Hall–Kier alpha value is -1.50. The second-order valence-corrected chi connectivity index (χ2v) is 7.37. The number of carbonyl (C=O) groups is 1. The number of ether oxygens (including phenoxy) is 1. The van der Waals surface area contributed by atoms with Gasteiger partial charge in [-0.05, 0) is 51.2 Å². The number of amides is 1. The first-order valence-electron chi connectivity index (χ1n) is 9.03. The summed E-state index contributed by atoms with van der Waals surface area (Å²) in [6, 6.07) is 5.82. The van der Waals surface area contributed by atoms with Crippen LogP contribution in [-0.4, -0.2) is 86.2 Å². The molecule has 0 atom stereocenters. The van der Waals surface area contributed by atoms with Crippen LogP contribution in [0.3, 0.4) is 0 Å². The number of hydrogen-bond donors (Lipinski definition) is 0. The third-order valence-electron chi connectivity index (χ3n) is 5.44. The summed E-state index contributed by atoms with van der Waals surface area (Å²) in [5.41, 5.74) is 0.607. The van der Waals surface area contributed by atoms with E-state index in [1.54, 1.807) is 12.1 Å². The first kappa shape index (κ1) is 18.3. The number of piperidine rings is 1. The summed E-state index contributed by atoms with van der Waals surface area (Å²) in [6.45, 7) is 5.99. The van der Waals surface area contributed by atoms with Crippen LogP contribution in [0.1, 0.15) is 23.2 Å². The van der Waals surface area contributed by atoms with Gasteiger partial charge in [-0.1, -0.05) is 0 Å². The van der Waals surface area contributed by atoms with Crippen molar-refractivity contribution in [3.63, 3.8) is 0 Å². The van der Waals surface area contributed by atoms with Crippen LogP contribution in [0.15, 0.2) is 24.3 Å². The minimum atomic E-state index is -0.315. The molecule has 2 saturated heterocycles. The van der Waals surface area contributed by atoms with E-state index in [1.165, 1.54) is 12.1 Å². The Morgan fingerprint density at radius 1 is 1.20 bits per heavy atom. The molecule has 0 N–H and O–H groups in total. The number of morpholine rings is 1. The van der Waals surface area contributed by atoms with E-state index in [1.807, 2.05) is 4.90 Å². The summed E-state index contributed by atoms with van der Waals surface area (Å²) in [5, 5.41) is 0. The molecule has 0 aliphatic carbocycles. The van der Waals surface area contributed by atoms with Crippen molar-refractivity contribution in [2.45, 2.75) is 18.4 Å². The van der Waals surface area contributed by atoms with Crippen molar-refractivity contribution in [2.24, 2.45) is 0 Å². The maximum atomic E-state index is 13.1. The normalized spacial score (nSPS) is 21.0. The van der Waals surface area contributed by atoms with Crippen LogP contribution in [0, 0.1) is 5.82 Å². The number of likely N-dealkylation sites (N-methyl/N-ethyl adjacent to an activating group) is 1. The fourth-order valence-corrected chi connectivity index (χ4v) is 3.80. The zero-order valence-corrected chi connectivity index (χ0v) is 15.2. The van der Waals surface area contributed by atoms with E-state index in [-0.39, 0.29) is 17.3 Å². The summed E-state index contributed by atoms with van der Waals surface area (Å²) >= 11 is 0. The Bertz CT molecular complexity index is 583. The fourth-order valence-electron chi connectivity index (χ4n) is 3.80. The maximum Gasteiger partial charge on any atom is 0.253 e. The van der Waals surface area contributed by atoms with Gasteiger partial charge in [0.2, 0.25) is 0 Å². The molecular weight excluding hydrogens is 321 g/mol. The second-order valence-electron chi connectivity index (χ2n) is 7.37. The minimum absolute atomic E-state index is 0.00795. The van der Waals surface area contributed by atoms with Crippen LogP contribution < -0.4 is 0 Å². The van der Waals surface area contributed by atoms with Crippen LogP contribution >= 0.6 is 0 Å². The highest BCUT2D eigenvalue weighted by Crippen LogP contribution is 2.32. The van der Waals surface area contributed by atoms with Crippen molar-refractivity contribution in [3.05, 3.63) is 35.6 Å². The Labute approximate surface area is 149 Å². The minimum Gasteiger partial charge on any atom is -0.378 e. The van der Waals surface area contributed by atoms with Gasteiger partial charge in [0.25, 0.3) is 5.91 Å². The number of rotatable bonds is 4. The molecule has 0 unspecified atom stereocenters. The number of carbonyl (C=O) groups excluding carboxylic acids is 1. The van der Waals surface area contributed by atoms with Crippen molar-refractivity contribution >= 4 is 5.91 Å². The van der Waals surface area contributed by atoms with Crippen LogP contribution in [0.4, 0.5) is 4.39 Å². The summed E-state index contributed by atoms with van der Waals surface area (Å²) in [4.78, 5) is 19.3. The number of nitrogens with zero attached hydrogens (tertiary/aromatic N) is 3. The predicted octanol–water partition coefficient (Wildman–Crippen LogP) is 1.69. The van der Waals surface area contributed by atoms with E-state index < -0.39 is 0 Å². The van der Waals surface area contributed by atoms with E-state index in [0.717, 1.165) is 58.8 Å². The van der Waals surface area contributed by atoms with Crippen molar-refractivity contribution in [1.82, 2.24) is 14.7 Å². The first-order chi connectivity index (χ1) is 12.0. The monoisotopic (exact) mass is 349 g/mol. The highest BCUT2D eigenvalue weighted by molar-refractivity contribution is 5.94. The lowest BCUT2D eigenvalue weighted by Gasteiger charge is -2.51. The lowest BCUT2D eigenvalue weighted by Crippen LogP contribution is -2.62. The van der Waals surface area contributed by atoms with E-state index >= 15 is 0 Å². The van der Waals surface area contributed by atoms with Crippen LogP contribution in [0.2, 0.25) is 0 Å². The number of likely N-dealkylation sites (tertiary alicyclic amines) is 1. The zero-order valence-electron chi connectivity index (χ0n) is 15.2. The molecule has 0 saturated carbocycles. The Morgan fingerprint density at radius 3 is 2.52 bits per heavy atom. The molecule has 0 aromatic heterocycles. The smallest absolute Gasteiger partial charge is 0.253 e. The van der Waals surface area contributed by atoms with Crippen LogP contribution in [0.25, 0.3) is 0 Å². The topological polar surface area (TPSA) is 36.0 Å². The number of hydrogen-bond acceptors (Lipinski definition) is 4. The van der Waals surface area contributed by atoms with Gasteiger partial charge in [-0.25, -0.2) is 4.39 Å². The molecular formula is C19H28FN3O2. The van der Waals surface area contributed by atoms with Gasteiger partial charge in [0.15, 0.2) is 0 Å². The van der Waals surface area contributed by atoms with Gasteiger partial charge < -0.3 is 14.5 Å². The Morgan fingerprint density at radius 2 is 1.88 bits per heavy atom. The molecule has 6 heteroatoms. The van der Waals surface area contributed by atoms with E-state index in [4.69, 9.17) is 4.74 Å². The lowest BCUT2D eigenvalue weighted by atomic mass is 9.85. The summed E-state index contributed by atoms with van der Waals surface area (Å²) in [6.07, 6.45) is 1.85. The summed E-state index contributed by atoms with van der Waals surface area (Å²) in [7, 11) is 4.19. The molecule has 1 amide bonds. The van der Waals surface area contributed by atoms with E-state index in [0.29, 0.717) is 5.56 Å². The molecule has 3 rings (SSSR count). The first-order valence-corrected chi connectivity index (χ1v) is 9.03. The third kappa shape index (κ3) is 4.19. The van der Waals surface area contributed by atoms with Crippen molar-refractivity contribution in [2.75, 3.05) is 60.0 Å². The summed E-state index contributed by atoms with van der Waals surface area (Å²) in [5.74, 6) is -0.323. The van der Waals surface area contributed by atoms with Crippen LogP contribution in [-0.2, 0) is 4.74 Å². The van der Waals surface area contributed by atoms with Gasteiger partial charge in [-0.3, -0.25) is 9.69 Å². The van der Waals surface area contributed by atoms with Crippen LogP contribution in [0.5, 0.6) is 0 Å². The van der Waals surface area contributed by atoms with Gasteiger partial charge in [-0.15, -0.1) is 0 Å². The van der Waals surface area contributed by atoms with Crippen molar-refractivity contribution < 1.29 is 13.9 Å². The van der Waals surface area contributed by atoms with E-state index in [9.17, 15) is 9.18 Å². The van der Waals surface area contributed by atoms with E-state index in [2.05, 4.69) is 23.9 Å². The molecule has 2 aliphatic heterocycles. The molecule has 2 aliphatic rings. The molecule has 138 valence electrons. The average molecular weight is 349 g/mol. The van der Waals surface area contributed by atoms with Crippen molar-refractivity contribution in [1.29, 1.82) is 0 Å². The highest BCUT2D eigenvalue weighted by Gasteiger charge is 2.42. The molecule has 1 spiro atoms. The second kappa shape index (κ2) is 7.81. The molecule has 2 fully saturated rings. The van der Waals surface area contributed by atoms with Gasteiger partial charge in [0, 0.05) is 43.8 Å². The standard InChI is InChI=1S/C19H28FN3O2/c1-21(2)11-12-23-13-14-25-15-19(23)7-9-22(10-8-19)18(24)16-3-5-17(20)6-4-16/h3-6H,7-15H2,1-2H3. The quantitative estimate of drug-likeness (QED) is 0.829. The fraction of sp³-hybridized carbons (Fsp3) is 0.632. The van der Waals surface area contributed by atoms with Gasteiger partial charge >= 0.3 is 0 Å². The maximum absolute atomic E-state index is 13.1. The molecule has 0 bridgehead atoms. The largest absolute Gasteiger partial charge is 0.378 e. The number of benzene rings is 1. The molecule has 5 nitrogen and oxygen atoms in total. The molecule has 2 heterocycles. The van der Waals surface area contributed by atoms with Gasteiger partial charge in [-0.2, -0.15) is 0 Å². The summed E-state index contributed by atoms with van der Waals surface area (Å²) < 4.78 is 18.8. The Kier molecular flexibility index (Phi) is 5.71. The molecule has 1 aromatic carbocycles. The van der Waals surface area contributed by atoms with Crippen molar-refractivity contribution in [3.8, 4) is 0 Å². The highest BCUT2D eigenvalue weighted by atomic mass is 19.1. The number of halogens is 1. The van der Waals surface area contributed by atoms with Gasteiger partial charge in [0.05, 0.1) is 13.2 Å². The SMILES string of the molecule is CN(C)CCN1CCOCC12CCN(C(=O)c1ccc(F)cc1)CC2. The van der Waals surface area contributed by atoms with Gasteiger partial charge in [0.1, 0.15) is 5.82 Å². The predicted molar refractivity (Wildman–Crippen MR) is 95.2 cm³/mol. The molecule has 25 heavy (non-hydrogen) atoms. The average Bonchev–Trinajstić information content (AvgIpc) is 2.62. The Balaban J connectivity index is 1.62. The molecule has 0 radical (unpaired) electrons. The zero-order chi connectivity index (χ0) is 17.9. The third-order valence-corrected chi connectivity index (χ3v) is 5.44.